The molecule has 3 N–H and O–H groups in total. The minimum absolute atomic E-state index is 0.487. The standard InChI is InChI=1S/C14H20ClN3S/c1-10-4-2-3-5-13(10)16-14(19)18-17-12-8-6-11(15)7-9-12/h6-10,13,17H,2-5H2,1H3,(H2,16,18,19)/t10-,13-/m0/s1. The van der Waals surface area contributed by atoms with Crippen LogP contribution in [-0.2, 0) is 0 Å². The summed E-state index contributed by atoms with van der Waals surface area (Å²) in [6, 6.07) is 7.97. The molecule has 1 aromatic rings. The average Bonchev–Trinajstić information content (AvgIpc) is 2.41. The van der Waals surface area contributed by atoms with Gasteiger partial charge in [0.2, 0.25) is 0 Å². The van der Waals surface area contributed by atoms with Gasteiger partial charge in [0.05, 0.1) is 5.69 Å². The molecule has 2 rings (SSSR count). The van der Waals surface area contributed by atoms with Crippen LogP contribution in [0.25, 0.3) is 0 Å². The van der Waals surface area contributed by atoms with Crippen LogP contribution in [0.3, 0.4) is 0 Å². The zero-order valence-electron chi connectivity index (χ0n) is 11.1. The number of rotatable bonds is 3. The summed E-state index contributed by atoms with van der Waals surface area (Å²) < 4.78 is 0. The van der Waals surface area contributed by atoms with E-state index < -0.39 is 0 Å². The van der Waals surface area contributed by atoms with Crippen LogP contribution in [0.4, 0.5) is 5.69 Å². The smallest absolute Gasteiger partial charge is 0.185 e. The maximum absolute atomic E-state index is 5.83. The summed E-state index contributed by atoms with van der Waals surface area (Å²) in [4.78, 5) is 0. The summed E-state index contributed by atoms with van der Waals surface area (Å²) in [7, 11) is 0. The second-order valence-corrected chi connectivity index (χ2v) is 5.94. The van der Waals surface area contributed by atoms with Crippen molar-refractivity contribution in [1.29, 1.82) is 0 Å². The summed E-state index contributed by atoms with van der Waals surface area (Å²) >= 11 is 11.1. The molecular weight excluding hydrogens is 278 g/mol. The van der Waals surface area contributed by atoms with Crippen LogP contribution in [0.2, 0.25) is 5.02 Å². The number of halogens is 1. The van der Waals surface area contributed by atoms with E-state index in [0.717, 1.165) is 10.7 Å². The summed E-state index contributed by atoms with van der Waals surface area (Å²) in [6.45, 7) is 2.28. The van der Waals surface area contributed by atoms with E-state index in [9.17, 15) is 0 Å². The van der Waals surface area contributed by atoms with Gasteiger partial charge in [-0.25, -0.2) is 0 Å². The van der Waals surface area contributed by atoms with E-state index in [-0.39, 0.29) is 0 Å². The van der Waals surface area contributed by atoms with E-state index in [0.29, 0.717) is 17.1 Å². The number of hydrogen-bond acceptors (Lipinski definition) is 2. The Morgan fingerprint density at radius 1 is 1.21 bits per heavy atom. The quantitative estimate of drug-likeness (QED) is 0.587. The van der Waals surface area contributed by atoms with Gasteiger partial charge in [-0.3, -0.25) is 10.9 Å². The van der Waals surface area contributed by atoms with Gasteiger partial charge in [-0.15, -0.1) is 0 Å². The lowest BCUT2D eigenvalue weighted by molar-refractivity contribution is 0.308. The van der Waals surface area contributed by atoms with E-state index >= 15 is 0 Å². The highest BCUT2D eigenvalue weighted by Gasteiger charge is 2.21. The van der Waals surface area contributed by atoms with Crippen LogP contribution in [-0.4, -0.2) is 11.2 Å². The lowest BCUT2D eigenvalue weighted by Gasteiger charge is -2.30. The molecule has 1 aliphatic rings. The van der Waals surface area contributed by atoms with E-state index in [2.05, 4.69) is 23.1 Å². The Labute approximate surface area is 125 Å². The molecule has 0 aromatic heterocycles. The zero-order chi connectivity index (χ0) is 13.7. The second kappa shape index (κ2) is 6.96. The van der Waals surface area contributed by atoms with E-state index in [1.165, 1.54) is 25.7 Å². The van der Waals surface area contributed by atoms with Crippen molar-refractivity contribution in [3.63, 3.8) is 0 Å². The number of nitrogens with one attached hydrogen (secondary N) is 3. The van der Waals surface area contributed by atoms with Crippen molar-refractivity contribution >= 4 is 34.6 Å². The normalized spacial score (nSPS) is 22.6. The van der Waals surface area contributed by atoms with Gasteiger partial charge in [0.1, 0.15) is 0 Å². The van der Waals surface area contributed by atoms with Gasteiger partial charge in [0.25, 0.3) is 0 Å². The van der Waals surface area contributed by atoms with Crippen molar-refractivity contribution in [1.82, 2.24) is 10.7 Å². The first-order valence-corrected chi connectivity index (χ1v) is 7.52. The number of benzene rings is 1. The molecule has 1 aromatic carbocycles. The second-order valence-electron chi connectivity index (χ2n) is 5.10. The summed E-state index contributed by atoms with van der Waals surface area (Å²) in [5.41, 5.74) is 7.01. The van der Waals surface area contributed by atoms with E-state index in [1.54, 1.807) is 0 Å². The minimum atomic E-state index is 0.487. The third kappa shape index (κ3) is 4.55. The maximum Gasteiger partial charge on any atom is 0.185 e. The van der Waals surface area contributed by atoms with Crippen molar-refractivity contribution in [2.45, 2.75) is 38.6 Å². The molecule has 0 radical (unpaired) electrons. The number of hydrazine groups is 1. The molecule has 0 heterocycles. The molecule has 0 amide bonds. The van der Waals surface area contributed by atoms with Gasteiger partial charge in [0.15, 0.2) is 5.11 Å². The summed E-state index contributed by atoms with van der Waals surface area (Å²) in [6.07, 6.45) is 5.10. The maximum atomic E-state index is 5.83. The summed E-state index contributed by atoms with van der Waals surface area (Å²) in [5, 5.41) is 4.75. The molecule has 104 valence electrons. The van der Waals surface area contributed by atoms with Gasteiger partial charge in [-0.05, 0) is 55.2 Å². The van der Waals surface area contributed by atoms with Gasteiger partial charge in [-0.1, -0.05) is 31.4 Å². The molecule has 1 aliphatic carbocycles. The van der Waals surface area contributed by atoms with Crippen LogP contribution in [0, 0.1) is 5.92 Å². The third-order valence-corrected chi connectivity index (χ3v) is 4.06. The van der Waals surface area contributed by atoms with Crippen molar-refractivity contribution in [2.24, 2.45) is 5.92 Å². The van der Waals surface area contributed by atoms with Crippen molar-refractivity contribution in [2.75, 3.05) is 5.43 Å². The monoisotopic (exact) mass is 297 g/mol. The van der Waals surface area contributed by atoms with Crippen molar-refractivity contribution in [3.05, 3.63) is 29.3 Å². The molecule has 3 nitrogen and oxygen atoms in total. The Hall–Kier alpha value is -1.00. The molecule has 2 atom stereocenters. The van der Waals surface area contributed by atoms with Crippen LogP contribution in [0.15, 0.2) is 24.3 Å². The highest BCUT2D eigenvalue weighted by Crippen LogP contribution is 2.23. The SMILES string of the molecule is C[C@H]1CCCC[C@@H]1NC(=S)NNc1ccc(Cl)cc1. The highest BCUT2D eigenvalue weighted by molar-refractivity contribution is 7.80. The molecule has 19 heavy (non-hydrogen) atoms. The van der Waals surface area contributed by atoms with Gasteiger partial charge in [-0.2, -0.15) is 0 Å². The molecule has 0 unspecified atom stereocenters. The molecule has 0 aliphatic heterocycles. The minimum Gasteiger partial charge on any atom is -0.358 e. The molecular formula is C14H20ClN3S. The molecule has 0 bridgehead atoms. The molecule has 5 heteroatoms. The molecule has 0 spiro atoms. The van der Waals surface area contributed by atoms with Crippen LogP contribution in [0.5, 0.6) is 0 Å². The largest absolute Gasteiger partial charge is 0.358 e. The van der Waals surface area contributed by atoms with Crippen LogP contribution >= 0.6 is 23.8 Å². The number of hydrogen-bond donors (Lipinski definition) is 3. The van der Waals surface area contributed by atoms with Gasteiger partial charge in [0, 0.05) is 11.1 Å². The topological polar surface area (TPSA) is 36.1 Å². The predicted octanol–water partition coefficient (Wildman–Crippen LogP) is 3.71. The fourth-order valence-corrected chi connectivity index (χ4v) is 2.73. The Kier molecular flexibility index (Phi) is 5.28. The molecule has 0 saturated heterocycles. The lowest BCUT2D eigenvalue weighted by Crippen LogP contribution is -2.47. The Balaban J connectivity index is 1.76. The lowest BCUT2D eigenvalue weighted by atomic mass is 9.86. The number of anilines is 1. The fraction of sp³-hybridized carbons (Fsp3) is 0.500. The predicted molar refractivity (Wildman–Crippen MR) is 85.4 cm³/mol. The zero-order valence-corrected chi connectivity index (χ0v) is 12.7. The van der Waals surface area contributed by atoms with Gasteiger partial charge >= 0.3 is 0 Å². The van der Waals surface area contributed by atoms with E-state index in [1.807, 2.05) is 24.3 Å². The van der Waals surface area contributed by atoms with Crippen molar-refractivity contribution < 1.29 is 0 Å². The van der Waals surface area contributed by atoms with Crippen LogP contribution < -0.4 is 16.2 Å². The van der Waals surface area contributed by atoms with Crippen LogP contribution in [0.1, 0.15) is 32.6 Å². The fourth-order valence-electron chi connectivity index (χ4n) is 2.40. The van der Waals surface area contributed by atoms with Gasteiger partial charge < -0.3 is 5.32 Å². The van der Waals surface area contributed by atoms with E-state index in [4.69, 9.17) is 23.8 Å². The van der Waals surface area contributed by atoms with Crippen molar-refractivity contribution in [3.8, 4) is 0 Å². The number of thiocarbonyl (C=S) groups is 1. The first-order valence-electron chi connectivity index (χ1n) is 6.73. The average molecular weight is 298 g/mol. The molecule has 1 fully saturated rings. The first-order chi connectivity index (χ1) is 9.15. The summed E-state index contributed by atoms with van der Waals surface area (Å²) in [5.74, 6) is 0.684. The highest BCUT2D eigenvalue weighted by atomic mass is 35.5. The Morgan fingerprint density at radius 2 is 1.89 bits per heavy atom. The Morgan fingerprint density at radius 3 is 2.58 bits per heavy atom. The first kappa shape index (κ1) is 14.4. The third-order valence-electron chi connectivity index (χ3n) is 3.59. The molecule has 1 saturated carbocycles. The Bertz CT molecular complexity index is 421.